The first-order valence-electron chi connectivity index (χ1n) is 7.18. The van der Waals surface area contributed by atoms with Gasteiger partial charge in [-0.3, -0.25) is 4.79 Å². The number of rotatable bonds is 5. The molecule has 1 amide bonds. The van der Waals surface area contributed by atoms with Crippen molar-refractivity contribution in [3.05, 3.63) is 30.1 Å². The van der Waals surface area contributed by atoms with Crippen molar-refractivity contribution < 1.29 is 9.18 Å². The van der Waals surface area contributed by atoms with Gasteiger partial charge in [-0.25, -0.2) is 4.39 Å². The van der Waals surface area contributed by atoms with E-state index < -0.39 is 0 Å². The van der Waals surface area contributed by atoms with E-state index in [1.165, 1.54) is 25.0 Å². The molecular weight excluding hydrogens is 287 g/mol. The highest BCUT2D eigenvalue weighted by molar-refractivity contribution is 7.99. The Kier molecular flexibility index (Phi) is 3.90. The molecule has 1 spiro atoms. The molecule has 2 saturated carbocycles. The van der Waals surface area contributed by atoms with E-state index in [1.54, 1.807) is 23.9 Å². The number of hydrogen-bond donors (Lipinski definition) is 1. The average Bonchev–Trinajstić information content (AvgIpc) is 3.27. The van der Waals surface area contributed by atoms with Crippen LogP contribution in [0.25, 0.3) is 0 Å². The molecular formula is C16H17FN2OS. The van der Waals surface area contributed by atoms with E-state index in [-0.39, 0.29) is 24.2 Å². The Bertz CT molecular complexity index is 577. The summed E-state index contributed by atoms with van der Waals surface area (Å²) in [5, 5.41) is 11.2. The second-order valence-corrected chi connectivity index (χ2v) is 7.01. The van der Waals surface area contributed by atoms with Crippen LogP contribution in [0.2, 0.25) is 0 Å². The van der Waals surface area contributed by atoms with Crippen molar-refractivity contribution in [1.82, 2.24) is 5.32 Å². The maximum atomic E-state index is 12.9. The van der Waals surface area contributed by atoms with Crippen LogP contribution >= 0.6 is 11.8 Å². The predicted octanol–water partition coefficient (Wildman–Crippen LogP) is 2.97. The zero-order valence-electron chi connectivity index (χ0n) is 11.6. The van der Waals surface area contributed by atoms with Gasteiger partial charge in [0, 0.05) is 16.6 Å². The van der Waals surface area contributed by atoms with E-state index >= 15 is 0 Å². The van der Waals surface area contributed by atoms with Crippen molar-refractivity contribution in [2.45, 2.75) is 24.2 Å². The number of nitrogens with zero attached hydrogens (tertiary/aromatic N) is 1. The van der Waals surface area contributed by atoms with E-state index in [2.05, 4.69) is 5.32 Å². The Balaban J connectivity index is 1.58. The van der Waals surface area contributed by atoms with Crippen LogP contribution in [0.1, 0.15) is 19.3 Å². The molecule has 0 radical (unpaired) electrons. The molecule has 2 fully saturated rings. The molecule has 5 heteroatoms. The van der Waals surface area contributed by atoms with Crippen LogP contribution in [0.15, 0.2) is 29.2 Å². The van der Waals surface area contributed by atoms with Gasteiger partial charge in [-0.1, -0.05) is 0 Å². The van der Waals surface area contributed by atoms with Crippen molar-refractivity contribution in [2.75, 3.05) is 12.3 Å². The van der Waals surface area contributed by atoms with E-state index in [0.29, 0.717) is 11.3 Å². The Hall–Kier alpha value is -1.54. The normalized spacial score (nSPS) is 25.0. The molecule has 1 aromatic carbocycles. The van der Waals surface area contributed by atoms with Gasteiger partial charge in [0.25, 0.3) is 0 Å². The molecule has 0 aromatic heterocycles. The minimum atomic E-state index is -0.226. The summed E-state index contributed by atoms with van der Waals surface area (Å²) in [7, 11) is 0. The summed E-state index contributed by atoms with van der Waals surface area (Å²) in [6, 6.07) is 8.44. The van der Waals surface area contributed by atoms with Gasteiger partial charge in [-0.15, -0.1) is 11.8 Å². The van der Waals surface area contributed by atoms with E-state index in [4.69, 9.17) is 5.26 Å². The van der Waals surface area contributed by atoms with E-state index in [0.717, 1.165) is 17.1 Å². The zero-order valence-corrected chi connectivity index (χ0v) is 12.5. The molecule has 21 heavy (non-hydrogen) atoms. The minimum absolute atomic E-state index is 0.0128. The maximum absolute atomic E-state index is 12.9. The number of hydrogen-bond acceptors (Lipinski definition) is 3. The van der Waals surface area contributed by atoms with Crippen LogP contribution in [-0.2, 0) is 4.79 Å². The third-order valence-electron chi connectivity index (χ3n) is 4.71. The number of benzene rings is 1. The quantitative estimate of drug-likeness (QED) is 0.672. The fourth-order valence-corrected chi connectivity index (χ4v) is 4.56. The molecule has 3 nitrogen and oxygen atoms in total. The predicted molar refractivity (Wildman–Crippen MR) is 79.0 cm³/mol. The number of carbonyl (C=O) groups is 1. The van der Waals surface area contributed by atoms with Crippen LogP contribution < -0.4 is 5.32 Å². The van der Waals surface area contributed by atoms with Crippen LogP contribution in [0, 0.1) is 34.4 Å². The van der Waals surface area contributed by atoms with Crippen molar-refractivity contribution in [2.24, 2.45) is 17.3 Å². The standard InChI is InChI=1S/C16H17FN2OS/c17-11-1-3-12(4-2-11)21-10-14-13(9-16(14)5-6-16)15(20)19-8-7-18/h1-4,13-14H,5-6,8-10H2,(H,19,20)/t13-,14+/m1/s1. The molecule has 2 aliphatic rings. The van der Waals surface area contributed by atoms with Crippen LogP contribution in [0.5, 0.6) is 0 Å². The van der Waals surface area contributed by atoms with Crippen LogP contribution in [0.3, 0.4) is 0 Å². The fourth-order valence-electron chi connectivity index (χ4n) is 3.28. The summed E-state index contributed by atoms with van der Waals surface area (Å²) >= 11 is 1.69. The third kappa shape index (κ3) is 2.91. The highest BCUT2D eigenvalue weighted by Gasteiger charge is 2.62. The Morgan fingerprint density at radius 3 is 2.76 bits per heavy atom. The third-order valence-corrected chi connectivity index (χ3v) is 5.84. The molecule has 1 aromatic rings. The van der Waals surface area contributed by atoms with Gasteiger partial charge >= 0.3 is 0 Å². The van der Waals surface area contributed by atoms with Crippen LogP contribution in [0.4, 0.5) is 4.39 Å². The molecule has 2 aliphatic carbocycles. The summed E-state index contributed by atoms with van der Waals surface area (Å²) in [6.45, 7) is 0.0835. The molecule has 1 N–H and O–H groups in total. The number of amides is 1. The molecule has 110 valence electrons. The monoisotopic (exact) mass is 304 g/mol. The number of nitrogens with one attached hydrogen (secondary N) is 1. The highest BCUT2D eigenvalue weighted by Crippen LogP contribution is 2.67. The average molecular weight is 304 g/mol. The van der Waals surface area contributed by atoms with Gasteiger partial charge in [0.05, 0.1) is 6.07 Å². The highest BCUT2D eigenvalue weighted by atomic mass is 32.2. The molecule has 3 rings (SSSR count). The largest absolute Gasteiger partial charge is 0.343 e. The molecule has 0 bridgehead atoms. The number of thioether (sulfide) groups is 1. The maximum Gasteiger partial charge on any atom is 0.224 e. The number of carbonyl (C=O) groups excluding carboxylic acids is 1. The van der Waals surface area contributed by atoms with Crippen LogP contribution in [-0.4, -0.2) is 18.2 Å². The molecule has 0 heterocycles. The minimum Gasteiger partial charge on any atom is -0.343 e. The summed E-state index contributed by atoms with van der Waals surface area (Å²) in [6.07, 6.45) is 3.38. The number of halogens is 1. The molecule has 0 unspecified atom stereocenters. The second-order valence-electron chi connectivity index (χ2n) is 5.92. The first-order chi connectivity index (χ1) is 10.1. The first-order valence-corrected chi connectivity index (χ1v) is 8.16. The summed E-state index contributed by atoms with van der Waals surface area (Å²) in [4.78, 5) is 13.1. The first kappa shape index (κ1) is 14.4. The Morgan fingerprint density at radius 2 is 2.14 bits per heavy atom. The fraction of sp³-hybridized carbons (Fsp3) is 0.500. The van der Waals surface area contributed by atoms with Gasteiger partial charge in [-0.2, -0.15) is 5.26 Å². The lowest BCUT2D eigenvalue weighted by molar-refractivity contribution is -0.133. The van der Waals surface area contributed by atoms with Gasteiger partial charge in [0.2, 0.25) is 5.91 Å². The van der Waals surface area contributed by atoms with Crippen molar-refractivity contribution in [3.8, 4) is 6.07 Å². The van der Waals surface area contributed by atoms with Crippen molar-refractivity contribution in [3.63, 3.8) is 0 Å². The molecule has 2 atom stereocenters. The Labute approximate surface area is 127 Å². The zero-order chi connectivity index (χ0) is 14.9. The van der Waals surface area contributed by atoms with Crippen molar-refractivity contribution >= 4 is 17.7 Å². The lowest BCUT2D eigenvalue weighted by atomic mass is 9.62. The number of nitriles is 1. The second kappa shape index (κ2) is 5.69. The molecule has 0 aliphatic heterocycles. The SMILES string of the molecule is N#CCNC(=O)[C@@H]1CC2(CC2)[C@H]1CSc1ccc(F)cc1. The van der Waals surface area contributed by atoms with Gasteiger partial charge < -0.3 is 5.32 Å². The molecule has 0 saturated heterocycles. The van der Waals surface area contributed by atoms with E-state index in [9.17, 15) is 9.18 Å². The topological polar surface area (TPSA) is 52.9 Å². The van der Waals surface area contributed by atoms with Gasteiger partial charge in [0.1, 0.15) is 12.4 Å². The lowest BCUT2D eigenvalue weighted by Crippen LogP contribution is -2.49. The smallest absolute Gasteiger partial charge is 0.224 e. The van der Waals surface area contributed by atoms with Gasteiger partial charge in [-0.05, 0) is 54.9 Å². The summed E-state index contributed by atoms with van der Waals surface area (Å²) < 4.78 is 12.9. The summed E-state index contributed by atoms with van der Waals surface area (Å²) in [5.74, 6) is 1.09. The Morgan fingerprint density at radius 1 is 1.43 bits per heavy atom. The summed E-state index contributed by atoms with van der Waals surface area (Å²) in [5.41, 5.74) is 0.377. The van der Waals surface area contributed by atoms with Crippen molar-refractivity contribution in [1.29, 1.82) is 5.26 Å². The van der Waals surface area contributed by atoms with Gasteiger partial charge in [0.15, 0.2) is 0 Å². The lowest BCUT2D eigenvalue weighted by Gasteiger charge is -2.44. The van der Waals surface area contributed by atoms with E-state index in [1.807, 2.05) is 6.07 Å².